The molecule has 0 aliphatic rings. The van der Waals surface area contributed by atoms with E-state index in [-0.39, 0.29) is 5.78 Å². The first-order chi connectivity index (χ1) is 8.76. The zero-order chi connectivity index (χ0) is 13.0. The van der Waals surface area contributed by atoms with Crippen LogP contribution in [-0.2, 0) is 6.42 Å². The molecule has 1 atom stereocenters. The van der Waals surface area contributed by atoms with Gasteiger partial charge in [-0.3, -0.25) is 4.79 Å². The van der Waals surface area contributed by atoms with Crippen molar-refractivity contribution in [3.05, 3.63) is 57.8 Å². The highest BCUT2D eigenvalue weighted by atomic mass is 32.1. The molecular weight excluding hydrogens is 242 g/mol. The van der Waals surface area contributed by atoms with E-state index in [1.807, 2.05) is 29.6 Å². The lowest BCUT2D eigenvalue weighted by molar-refractivity contribution is 0.0980. The predicted molar refractivity (Wildman–Crippen MR) is 72.8 cm³/mol. The van der Waals surface area contributed by atoms with Crippen molar-refractivity contribution in [3.8, 4) is 6.07 Å². The molecule has 0 saturated carbocycles. The molecule has 0 N–H and O–H groups in total. The minimum Gasteiger partial charge on any atom is -0.292 e. The molecule has 18 heavy (non-hydrogen) atoms. The largest absolute Gasteiger partial charge is 0.292 e. The van der Waals surface area contributed by atoms with Crippen molar-refractivity contribution in [1.29, 1.82) is 5.26 Å². The van der Waals surface area contributed by atoms with E-state index in [0.717, 1.165) is 11.3 Å². The molecule has 0 spiro atoms. The number of carbonyl (C=O) groups is 1. The Bertz CT molecular complexity index is 564. The summed E-state index contributed by atoms with van der Waals surface area (Å²) < 4.78 is 0. The fourth-order valence-corrected chi connectivity index (χ4v) is 2.55. The van der Waals surface area contributed by atoms with Gasteiger partial charge in [-0.25, -0.2) is 0 Å². The van der Waals surface area contributed by atoms with E-state index < -0.39 is 5.92 Å². The minimum atomic E-state index is -0.683. The maximum atomic E-state index is 12.3. The second-order valence-electron chi connectivity index (χ2n) is 3.99. The highest BCUT2D eigenvalue weighted by Crippen LogP contribution is 2.24. The lowest BCUT2D eigenvalue weighted by atomic mass is 9.96. The average Bonchev–Trinajstić information content (AvgIpc) is 2.93. The standard InChI is InChI=1S/C15H13NOS/c1-2-11-5-7-12(8-6-11)15(17)13(10-16)14-4-3-9-18-14/h3-9,13H,2H2,1H3. The Hall–Kier alpha value is -1.92. The molecule has 1 aromatic carbocycles. The molecular formula is C15H13NOS. The molecule has 2 nitrogen and oxygen atoms in total. The number of hydrogen-bond donors (Lipinski definition) is 0. The van der Waals surface area contributed by atoms with Crippen molar-refractivity contribution in [2.45, 2.75) is 19.3 Å². The molecule has 0 amide bonds. The molecule has 0 fully saturated rings. The summed E-state index contributed by atoms with van der Waals surface area (Å²) in [5, 5.41) is 11.0. The molecule has 0 aliphatic heterocycles. The number of nitriles is 1. The Morgan fingerprint density at radius 1 is 1.33 bits per heavy atom. The predicted octanol–water partition coefficient (Wildman–Crippen LogP) is 3.80. The smallest absolute Gasteiger partial charge is 0.185 e. The van der Waals surface area contributed by atoms with Crippen LogP contribution in [0.5, 0.6) is 0 Å². The van der Waals surface area contributed by atoms with E-state index in [0.29, 0.717) is 5.56 Å². The number of rotatable bonds is 4. The van der Waals surface area contributed by atoms with Crippen LogP contribution in [-0.4, -0.2) is 5.78 Å². The summed E-state index contributed by atoms with van der Waals surface area (Å²) in [6.45, 7) is 2.07. The van der Waals surface area contributed by atoms with Gasteiger partial charge in [0, 0.05) is 10.4 Å². The summed E-state index contributed by atoms with van der Waals surface area (Å²) in [6, 6.07) is 13.3. The van der Waals surface area contributed by atoms with Crippen LogP contribution in [0.1, 0.15) is 33.6 Å². The Morgan fingerprint density at radius 2 is 2.06 bits per heavy atom. The summed E-state index contributed by atoms with van der Waals surface area (Å²) in [5.41, 5.74) is 1.79. The molecule has 2 aromatic rings. The number of ketones is 1. The summed E-state index contributed by atoms with van der Waals surface area (Å²) >= 11 is 1.44. The van der Waals surface area contributed by atoms with E-state index in [2.05, 4.69) is 13.0 Å². The Balaban J connectivity index is 2.27. The molecule has 0 aliphatic carbocycles. The quantitative estimate of drug-likeness (QED) is 0.780. The third-order valence-electron chi connectivity index (χ3n) is 2.87. The molecule has 0 bridgehead atoms. The van der Waals surface area contributed by atoms with E-state index in [1.165, 1.54) is 16.9 Å². The minimum absolute atomic E-state index is 0.123. The second-order valence-corrected chi connectivity index (χ2v) is 4.97. The van der Waals surface area contributed by atoms with Crippen LogP contribution in [0.4, 0.5) is 0 Å². The van der Waals surface area contributed by atoms with Crippen LogP contribution in [0.15, 0.2) is 41.8 Å². The lowest BCUT2D eigenvalue weighted by Gasteiger charge is -2.06. The van der Waals surface area contributed by atoms with Crippen LogP contribution in [0, 0.1) is 11.3 Å². The van der Waals surface area contributed by atoms with Crippen molar-refractivity contribution in [2.24, 2.45) is 0 Å². The van der Waals surface area contributed by atoms with Gasteiger partial charge >= 0.3 is 0 Å². The summed E-state index contributed by atoms with van der Waals surface area (Å²) in [7, 11) is 0. The fourth-order valence-electron chi connectivity index (χ4n) is 1.78. The van der Waals surface area contributed by atoms with Gasteiger partial charge in [0.05, 0.1) is 6.07 Å². The van der Waals surface area contributed by atoms with Gasteiger partial charge in [-0.15, -0.1) is 11.3 Å². The zero-order valence-corrected chi connectivity index (χ0v) is 10.9. The van der Waals surface area contributed by atoms with E-state index >= 15 is 0 Å². The lowest BCUT2D eigenvalue weighted by Crippen LogP contribution is -2.09. The normalized spacial score (nSPS) is 11.8. The van der Waals surface area contributed by atoms with E-state index in [1.54, 1.807) is 12.1 Å². The highest BCUT2D eigenvalue weighted by molar-refractivity contribution is 7.10. The second kappa shape index (κ2) is 5.61. The first kappa shape index (κ1) is 12.5. The van der Waals surface area contributed by atoms with Crippen LogP contribution in [0.2, 0.25) is 0 Å². The Labute approximate surface area is 111 Å². The molecule has 0 saturated heterocycles. The third kappa shape index (κ3) is 2.49. The summed E-state index contributed by atoms with van der Waals surface area (Å²) in [6.07, 6.45) is 0.946. The number of hydrogen-bond acceptors (Lipinski definition) is 3. The van der Waals surface area contributed by atoms with Crippen LogP contribution in [0.3, 0.4) is 0 Å². The van der Waals surface area contributed by atoms with Crippen molar-refractivity contribution >= 4 is 17.1 Å². The molecule has 1 unspecified atom stereocenters. The van der Waals surface area contributed by atoms with Crippen LogP contribution < -0.4 is 0 Å². The van der Waals surface area contributed by atoms with Gasteiger partial charge in [-0.05, 0) is 23.4 Å². The van der Waals surface area contributed by atoms with Gasteiger partial charge in [0.15, 0.2) is 5.78 Å². The Kier molecular flexibility index (Phi) is 3.91. The molecule has 0 radical (unpaired) electrons. The number of thiophene rings is 1. The SMILES string of the molecule is CCc1ccc(C(=O)C(C#N)c2cccs2)cc1. The first-order valence-electron chi connectivity index (χ1n) is 5.82. The van der Waals surface area contributed by atoms with Gasteiger partial charge in [0.25, 0.3) is 0 Å². The zero-order valence-electron chi connectivity index (χ0n) is 10.1. The van der Waals surface area contributed by atoms with Gasteiger partial charge in [0.2, 0.25) is 0 Å². The monoisotopic (exact) mass is 255 g/mol. The summed E-state index contributed by atoms with van der Waals surface area (Å²) in [4.78, 5) is 13.1. The molecule has 1 heterocycles. The van der Waals surface area contributed by atoms with Crippen LogP contribution >= 0.6 is 11.3 Å². The maximum Gasteiger partial charge on any atom is 0.185 e. The maximum absolute atomic E-state index is 12.3. The van der Waals surface area contributed by atoms with Gasteiger partial charge < -0.3 is 0 Å². The molecule has 3 heteroatoms. The number of aryl methyl sites for hydroxylation is 1. The van der Waals surface area contributed by atoms with Crippen molar-refractivity contribution < 1.29 is 4.79 Å². The third-order valence-corrected chi connectivity index (χ3v) is 3.80. The highest BCUT2D eigenvalue weighted by Gasteiger charge is 2.22. The summed E-state index contributed by atoms with van der Waals surface area (Å²) in [5.74, 6) is -0.805. The van der Waals surface area contributed by atoms with Crippen molar-refractivity contribution in [2.75, 3.05) is 0 Å². The van der Waals surface area contributed by atoms with Crippen LogP contribution in [0.25, 0.3) is 0 Å². The topological polar surface area (TPSA) is 40.9 Å². The molecule has 90 valence electrons. The van der Waals surface area contributed by atoms with E-state index in [4.69, 9.17) is 5.26 Å². The molecule has 1 aromatic heterocycles. The number of carbonyl (C=O) groups excluding carboxylic acids is 1. The average molecular weight is 255 g/mol. The van der Waals surface area contributed by atoms with E-state index in [9.17, 15) is 4.79 Å². The first-order valence-corrected chi connectivity index (χ1v) is 6.70. The van der Waals surface area contributed by atoms with Gasteiger partial charge in [0.1, 0.15) is 5.92 Å². The number of nitrogens with zero attached hydrogens (tertiary/aromatic N) is 1. The van der Waals surface area contributed by atoms with Crippen molar-refractivity contribution in [3.63, 3.8) is 0 Å². The molecule has 2 rings (SSSR count). The Morgan fingerprint density at radius 3 is 2.56 bits per heavy atom. The van der Waals surface area contributed by atoms with Gasteiger partial charge in [-0.2, -0.15) is 5.26 Å². The number of benzene rings is 1. The fraction of sp³-hybridized carbons (Fsp3) is 0.200. The number of Topliss-reactive ketones (excluding diaryl/α,β-unsaturated/α-hetero) is 1. The van der Waals surface area contributed by atoms with Gasteiger partial charge in [-0.1, -0.05) is 37.3 Å². The van der Waals surface area contributed by atoms with Crippen molar-refractivity contribution in [1.82, 2.24) is 0 Å².